The first kappa shape index (κ1) is 90.9. The fourth-order valence-corrected chi connectivity index (χ4v) is 13.2. The summed E-state index contributed by atoms with van der Waals surface area (Å²) in [7, 11) is 0. The van der Waals surface area contributed by atoms with Gasteiger partial charge in [-0.25, -0.2) is 0 Å². The molecule has 10 unspecified atom stereocenters. The van der Waals surface area contributed by atoms with Crippen LogP contribution in [0.4, 0.5) is 0 Å². The molecule has 586 valence electrons. The lowest BCUT2D eigenvalue weighted by molar-refractivity contribution is -0.159. The third-order valence-corrected chi connectivity index (χ3v) is 21.7. The minimum Gasteiger partial charge on any atom is -0.508 e. The highest BCUT2D eigenvalue weighted by atomic mass is 16.7. The van der Waals surface area contributed by atoms with E-state index in [1.807, 2.05) is 91.8 Å². The number of phenols is 2. The first-order chi connectivity index (χ1) is 50.0. The van der Waals surface area contributed by atoms with E-state index in [1.165, 1.54) is 91.2 Å². The van der Waals surface area contributed by atoms with Crippen molar-refractivity contribution in [1.82, 2.24) is 0 Å². The molecule has 0 saturated heterocycles. The molecule has 11 nitrogen and oxygen atoms in total. The predicted octanol–water partition coefficient (Wildman–Crippen LogP) is 26.7. The van der Waals surface area contributed by atoms with Crippen LogP contribution < -0.4 is 18.9 Å². The van der Waals surface area contributed by atoms with Crippen LogP contribution in [0.1, 0.15) is 336 Å². The Morgan fingerprint density at radius 2 is 0.810 bits per heavy atom. The second-order valence-electron chi connectivity index (χ2n) is 31.6. The smallest absolute Gasteiger partial charge is 0.309 e. The lowest BCUT2D eigenvalue weighted by atomic mass is 9.68. The molecule has 10 atom stereocenters. The summed E-state index contributed by atoms with van der Waals surface area (Å²) in [5.41, 5.74) is 8.09. The summed E-state index contributed by atoms with van der Waals surface area (Å²) in [6, 6.07) is 48.8. The summed E-state index contributed by atoms with van der Waals surface area (Å²) in [5.74, 6) is 8.51. The van der Waals surface area contributed by atoms with Crippen LogP contribution in [0.5, 0.6) is 34.5 Å². The number of phenolic OH excluding ortho intramolecular Hbond substituents is 2. The van der Waals surface area contributed by atoms with Crippen LogP contribution in [0, 0.1) is 17.3 Å². The highest BCUT2D eigenvalue weighted by Crippen LogP contribution is 2.43. The molecule has 2 aliphatic rings. The van der Waals surface area contributed by atoms with Gasteiger partial charge in [0.1, 0.15) is 46.7 Å². The van der Waals surface area contributed by atoms with Crippen LogP contribution in [0.15, 0.2) is 146 Å². The van der Waals surface area contributed by atoms with E-state index in [0.29, 0.717) is 59.7 Å². The second-order valence-corrected chi connectivity index (χ2v) is 31.6. The largest absolute Gasteiger partial charge is 0.508 e. The van der Waals surface area contributed by atoms with Crippen LogP contribution in [-0.2, 0) is 23.7 Å². The van der Waals surface area contributed by atoms with Crippen molar-refractivity contribution in [2.45, 2.75) is 340 Å². The molecule has 2 saturated carbocycles. The minimum absolute atomic E-state index is 0.0224. The molecule has 6 aromatic carbocycles. The van der Waals surface area contributed by atoms with Crippen LogP contribution in [0.3, 0.4) is 0 Å². The minimum atomic E-state index is -0.347. The average Bonchev–Trinajstić information content (AvgIpc) is 0.837. The maximum absolute atomic E-state index is 11.2. The van der Waals surface area contributed by atoms with Gasteiger partial charge in [-0.15, -0.1) is 0 Å². The normalized spacial score (nSPS) is 17.5. The molecule has 6 aromatic rings. The molecule has 0 amide bonds. The first-order valence-electron chi connectivity index (χ1n) is 40.8. The molecule has 0 radical (unpaired) electrons. The third-order valence-electron chi connectivity index (χ3n) is 21.7. The molecule has 0 aromatic heterocycles. The van der Waals surface area contributed by atoms with Crippen molar-refractivity contribution in [2.75, 3.05) is 13.2 Å². The van der Waals surface area contributed by atoms with Crippen LogP contribution in [-0.4, -0.2) is 66.1 Å². The van der Waals surface area contributed by atoms with E-state index in [2.05, 4.69) is 175 Å². The molecule has 0 aliphatic heterocycles. The SMILES string of the molecule is CCC(C)C(=O)OC(C)(C)C.CCC(C)c1ccc(O)cc1.CCC(C)c1ccc(O)cc1.CCC(C)c1ccc(OC(C)OCCOc2ccc(C3CCCCC3)cc2)cc1.CCC(CCCC(C)(C)C1CCC(OC(C)Oc2ccc(C(C)CC)cc2)CC1)OC(C)Oc1ccc(C(C)CC)cc1. The molecular weight excluding hydrogens is 1310 g/mol. The standard InChI is InChI=1S/C39H62O4.C26H36O3.2C10H14O.C9H18O2/c1-10-28(4)32-15-21-36(22-16-32)41-30(6)40-35(12-3)14-13-27-39(8,9)34-19-25-38(26-20-34)43-31(7)42-37-23-17-33(18-24-37)29(5)11-2;1-4-20(2)22-10-16-26(17-11-22)29-21(3)27-18-19-28-25-14-12-24(13-15-25)23-8-6-5-7-9-23;2*1-3-8(2)9-4-6-10(11)7-5-9;1-6-7(2)8(10)11-9(3,4)5/h15-18,21-24,28-31,34-35,38H,10-14,19-20,25-27H2,1-9H3;10-17,20-21,23H,4-9,18-19H2,1-3H3;2*4-8,11H,3H2,1-2H3;7H,6H2,1-5H3. The lowest BCUT2D eigenvalue weighted by Gasteiger charge is -2.40. The van der Waals surface area contributed by atoms with Crippen molar-refractivity contribution in [3.63, 3.8) is 0 Å². The van der Waals surface area contributed by atoms with Gasteiger partial charge in [-0.2, -0.15) is 0 Å². The van der Waals surface area contributed by atoms with Gasteiger partial charge in [-0.05, 0) is 291 Å². The molecule has 8 rings (SSSR count). The van der Waals surface area contributed by atoms with Crippen LogP contribution in [0.25, 0.3) is 0 Å². The molecule has 2 fully saturated rings. The summed E-state index contributed by atoms with van der Waals surface area (Å²) >= 11 is 0. The topological polar surface area (TPSA) is 131 Å². The molecule has 2 N–H and O–H groups in total. The van der Waals surface area contributed by atoms with Gasteiger partial charge in [-0.3, -0.25) is 4.79 Å². The van der Waals surface area contributed by atoms with E-state index >= 15 is 0 Å². The van der Waals surface area contributed by atoms with Gasteiger partial charge in [0.05, 0.1) is 24.7 Å². The Balaban J connectivity index is 0.000000318. The maximum Gasteiger partial charge on any atom is 0.309 e. The van der Waals surface area contributed by atoms with Crippen molar-refractivity contribution in [2.24, 2.45) is 17.3 Å². The van der Waals surface area contributed by atoms with Gasteiger partial charge in [-0.1, -0.05) is 202 Å². The highest BCUT2D eigenvalue weighted by molar-refractivity contribution is 5.72. The number of rotatable bonds is 34. The number of esters is 1. The zero-order valence-corrected chi connectivity index (χ0v) is 69.3. The van der Waals surface area contributed by atoms with E-state index in [1.54, 1.807) is 24.3 Å². The molecule has 105 heavy (non-hydrogen) atoms. The predicted molar refractivity (Wildman–Crippen MR) is 438 cm³/mol. The van der Waals surface area contributed by atoms with Gasteiger partial charge in [0, 0.05) is 0 Å². The van der Waals surface area contributed by atoms with Crippen molar-refractivity contribution in [3.8, 4) is 34.5 Å². The Morgan fingerprint density at radius 3 is 1.19 bits per heavy atom. The molecule has 0 heterocycles. The molecule has 11 heteroatoms. The lowest BCUT2D eigenvalue weighted by Crippen LogP contribution is -2.33. The number of hydrogen-bond donors (Lipinski definition) is 2. The molecule has 0 bridgehead atoms. The Morgan fingerprint density at radius 1 is 0.429 bits per heavy atom. The van der Waals surface area contributed by atoms with Gasteiger partial charge < -0.3 is 48.1 Å². The van der Waals surface area contributed by atoms with Gasteiger partial charge >= 0.3 is 5.97 Å². The first-order valence-corrected chi connectivity index (χ1v) is 40.8. The quantitative estimate of drug-likeness (QED) is 0.0227. The molecule has 2 aliphatic carbocycles. The van der Waals surface area contributed by atoms with E-state index in [9.17, 15) is 4.79 Å². The monoisotopic (exact) mass is 1450 g/mol. The number of carbonyl (C=O) groups excluding carboxylic acids is 1. The summed E-state index contributed by atoms with van der Waals surface area (Å²) in [6.07, 6.45) is 22.2. The van der Waals surface area contributed by atoms with Crippen molar-refractivity contribution in [1.29, 1.82) is 0 Å². The van der Waals surface area contributed by atoms with Gasteiger partial charge in [0.2, 0.25) is 0 Å². The van der Waals surface area contributed by atoms with Crippen molar-refractivity contribution < 1.29 is 52.9 Å². The summed E-state index contributed by atoms with van der Waals surface area (Å²) in [6.45, 7) is 45.8. The number of carbonyl (C=O) groups is 1. The van der Waals surface area contributed by atoms with Crippen LogP contribution >= 0.6 is 0 Å². The number of aromatic hydroxyl groups is 2. The molecule has 0 spiro atoms. The summed E-state index contributed by atoms with van der Waals surface area (Å²) in [5, 5.41) is 18.0. The zero-order chi connectivity index (χ0) is 77.5. The Hall–Kier alpha value is -6.53. The summed E-state index contributed by atoms with van der Waals surface area (Å²) < 4.78 is 47.4. The second kappa shape index (κ2) is 48.7. The number of benzene rings is 6. The van der Waals surface area contributed by atoms with Gasteiger partial charge in [0.15, 0.2) is 18.9 Å². The molecular formula is C94H144O11. The Kier molecular flexibility index (Phi) is 42.1. The van der Waals surface area contributed by atoms with Gasteiger partial charge in [0.25, 0.3) is 0 Å². The fraction of sp³-hybridized carbons (Fsp3) is 0.606. The van der Waals surface area contributed by atoms with E-state index in [4.69, 9.17) is 48.1 Å². The van der Waals surface area contributed by atoms with Crippen LogP contribution in [0.2, 0.25) is 0 Å². The van der Waals surface area contributed by atoms with Crippen molar-refractivity contribution >= 4 is 5.97 Å². The fourth-order valence-electron chi connectivity index (χ4n) is 13.2. The zero-order valence-electron chi connectivity index (χ0n) is 69.3. The third kappa shape index (κ3) is 35.4. The summed E-state index contributed by atoms with van der Waals surface area (Å²) in [4.78, 5) is 11.2. The number of hydrogen-bond acceptors (Lipinski definition) is 11. The van der Waals surface area contributed by atoms with Crippen molar-refractivity contribution in [3.05, 3.63) is 179 Å². The van der Waals surface area contributed by atoms with E-state index < -0.39 is 0 Å². The maximum atomic E-state index is 11.2. The van der Waals surface area contributed by atoms with E-state index in [-0.39, 0.29) is 48.6 Å². The van der Waals surface area contributed by atoms with E-state index in [0.717, 1.165) is 99.0 Å². The highest BCUT2D eigenvalue weighted by Gasteiger charge is 2.34. The Labute approximate surface area is 639 Å². The average molecular weight is 1450 g/mol. The number of ether oxygens (including phenoxy) is 8. The Bertz CT molecular complexity index is 3130.